The van der Waals surface area contributed by atoms with Crippen molar-refractivity contribution < 1.29 is 19.4 Å². The smallest absolute Gasteiger partial charge is 0.306 e. The number of aliphatic hydroxyl groups excluding tert-OH is 1. The van der Waals surface area contributed by atoms with E-state index in [2.05, 4.69) is 13.8 Å². The molecular formula is C36H72O4. The van der Waals surface area contributed by atoms with Crippen molar-refractivity contribution in [2.45, 2.75) is 206 Å². The fourth-order valence-corrected chi connectivity index (χ4v) is 5.45. The monoisotopic (exact) mass is 569 g/mol. The molecule has 4 nitrogen and oxygen atoms in total. The van der Waals surface area contributed by atoms with Crippen LogP contribution in [0.2, 0.25) is 0 Å². The van der Waals surface area contributed by atoms with Gasteiger partial charge in [-0.25, -0.2) is 0 Å². The van der Waals surface area contributed by atoms with Crippen molar-refractivity contribution in [3.63, 3.8) is 0 Å². The molecule has 0 saturated carbocycles. The molecule has 0 aliphatic heterocycles. The molecule has 1 N–H and O–H groups in total. The van der Waals surface area contributed by atoms with Crippen LogP contribution in [0.4, 0.5) is 0 Å². The van der Waals surface area contributed by atoms with Gasteiger partial charge >= 0.3 is 5.97 Å². The van der Waals surface area contributed by atoms with Gasteiger partial charge in [0.2, 0.25) is 0 Å². The molecule has 0 heterocycles. The van der Waals surface area contributed by atoms with E-state index in [1.54, 1.807) is 0 Å². The van der Waals surface area contributed by atoms with Gasteiger partial charge in [0.15, 0.2) is 0 Å². The minimum absolute atomic E-state index is 0.165. The van der Waals surface area contributed by atoms with E-state index in [1.165, 1.54) is 161 Å². The lowest BCUT2D eigenvalue weighted by Crippen LogP contribution is -2.27. The molecule has 0 aliphatic carbocycles. The topological polar surface area (TPSA) is 55.8 Å². The molecule has 0 saturated heterocycles. The fourth-order valence-electron chi connectivity index (χ4n) is 5.45. The second-order valence-electron chi connectivity index (χ2n) is 12.3. The van der Waals surface area contributed by atoms with Gasteiger partial charge in [0.25, 0.3) is 0 Å². The van der Waals surface area contributed by atoms with E-state index >= 15 is 0 Å². The molecule has 0 aliphatic rings. The van der Waals surface area contributed by atoms with E-state index in [1.807, 2.05) is 0 Å². The summed E-state index contributed by atoms with van der Waals surface area (Å²) in [5.74, 6) is -0.203. The van der Waals surface area contributed by atoms with Crippen LogP contribution in [-0.2, 0) is 14.3 Å². The number of hydrogen-bond donors (Lipinski definition) is 1. The molecule has 0 radical (unpaired) electrons. The molecule has 0 aromatic carbocycles. The number of unbranched alkanes of at least 4 members (excludes halogenated alkanes) is 26. The highest BCUT2D eigenvalue weighted by Crippen LogP contribution is 2.15. The zero-order chi connectivity index (χ0) is 29.2. The highest BCUT2D eigenvalue weighted by atomic mass is 16.6. The van der Waals surface area contributed by atoms with Gasteiger partial charge in [-0.3, -0.25) is 4.79 Å². The lowest BCUT2D eigenvalue weighted by atomic mass is 10.0. The van der Waals surface area contributed by atoms with E-state index in [9.17, 15) is 9.90 Å². The zero-order valence-corrected chi connectivity index (χ0v) is 27.4. The molecule has 1 atom stereocenters. The quantitative estimate of drug-likeness (QED) is 0.0619. The van der Waals surface area contributed by atoms with Gasteiger partial charge in [-0.15, -0.1) is 0 Å². The molecule has 0 aromatic heterocycles. The van der Waals surface area contributed by atoms with Gasteiger partial charge in [0.1, 0.15) is 6.10 Å². The maximum atomic E-state index is 12.0. The summed E-state index contributed by atoms with van der Waals surface area (Å²) in [5.41, 5.74) is 0. The first kappa shape index (κ1) is 39.4. The number of hydrogen-bond acceptors (Lipinski definition) is 4. The first-order valence-electron chi connectivity index (χ1n) is 18.1. The number of aliphatic hydroxyl groups is 1. The largest absolute Gasteiger partial charge is 0.457 e. The fraction of sp³-hybridized carbons (Fsp3) is 0.972. The Balaban J connectivity index is 3.30. The molecule has 4 heteroatoms. The summed E-state index contributed by atoms with van der Waals surface area (Å²) in [6.07, 6.45) is 37.3. The molecule has 240 valence electrons. The normalized spacial score (nSPS) is 12.2. The van der Waals surface area contributed by atoms with E-state index in [-0.39, 0.29) is 12.6 Å². The maximum Gasteiger partial charge on any atom is 0.306 e. The van der Waals surface area contributed by atoms with Gasteiger partial charge in [-0.1, -0.05) is 181 Å². The molecule has 0 aromatic rings. The Morgan fingerprint density at radius 2 is 0.825 bits per heavy atom. The molecule has 0 bridgehead atoms. The van der Waals surface area contributed by atoms with Crippen molar-refractivity contribution in [2.75, 3.05) is 19.8 Å². The lowest BCUT2D eigenvalue weighted by Gasteiger charge is -2.15. The van der Waals surface area contributed by atoms with Crippen LogP contribution in [0.5, 0.6) is 0 Å². The van der Waals surface area contributed by atoms with Crippen LogP contribution in [0.1, 0.15) is 200 Å². The van der Waals surface area contributed by atoms with Crippen LogP contribution in [0, 0.1) is 0 Å². The van der Waals surface area contributed by atoms with Gasteiger partial charge in [-0.2, -0.15) is 0 Å². The van der Waals surface area contributed by atoms with Crippen molar-refractivity contribution in [3.8, 4) is 0 Å². The summed E-state index contributed by atoms with van der Waals surface area (Å²) in [6.45, 7) is 5.34. The number of ether oxygens (including phenoxy) is 2. The predicted molar refractivity (Wildman–Crippen MR) is 173 cm³/mol. The van der Waals surface area contributed by atoms with E-state index in [0.717, 1.165) is 19.3 Å². The standard InChI is InChI=1S/C36H72O4/c1-3-5-7-9-11-12-13-14-15-16-17-18-19-20-21-22-23-24-26-28-30-32-39-34-35(33-37)40-36(38)31-29-27-25-10-8-6-4-2/h35,37H,3-34H2,1-2H3. The Labute approximate surface area is 251 Å². The number of esters is 1. The average molecular weight is 569 g/mol. The van der Waals surface area contributed by atoms with Crippen LogP contribution in [-0.4, -0.2) is 37.0 Å². The Hall–Kier alpha value is -0.610. The molecule has 0 rings (SSSR count). The number of rotatable bonds is 34. The molecule has 40 heavy (non-hydrogen) atoms. The zero-order valence-electron chi connectivity index (χ0n) is 27.4. The van der Waals surface area contributed by atoms with Crippen LogP contribution < -0.4 is 0 Å². The highest BCUT2D eigenvalue weighted by Gasteiger charge is 2.13. The maximum absolute atomic E-state index is 12.0. The third-order valence-electron chi connectivity index (χ3n) is 8.18. The Morgan fingerprint density at radius 1 is 0.500 bits per heavy atom. The van der Waals surface area contributed by atoms with Crippen molar-refractivity contribution in [2.24, 2.45) is 0 Å². The Kier molecular flexibility index (Phi) is 34.1. The van der Waals surface area contributed by atoms with Gasteiger partial charge < -0.3 is 14.6 Å². The second kappa shape index (κ2) is 34.6. The molecule has 0 spiro atoms. The van der Waals surface area contributed by atoms with E-state index < -0.39 is 6.10 Å². The summed E-state index contributed by atoms with van der Waals surface area (Å²) >= 11 is 0. The summed E-state index contributed by atoms with van der Waals surface area (Å²) in [4.78, 5) is 12.0. The van der Waals surface area contributed by atoms with Crippen LogP contribution in [0.3, 0.4) is 0 Å². The van der Waals surface area contributed by atoms with Crippen molar-refractivity contribution >= 4 is 5.97 Å². The van der Waals surface area contributed by atoms with Gasteiger partial charge in [-0.05, 0) is 12.8 Å². The van der Waals surface area contributed by atoms with Crippen LogP contribution >= 0.6 is 0 Å². The highest BCUT2D eigenvalue weighted by molar-refractivity contribution is 5.69. The third-order valence-corrected chi connectivity index (χ3v) is 8.18. The molecule has 0 fully saturated rings. The van der Waals surface area contributed by atoms with Crippen LogP contribution in [0.25, 0.3) is 0 Å². The summed E-state index contributed by atoms with van der Waals surface area (Å²) in [7, 11) is 0. The number of carbonyl (C=O) groups is 1. The third kappa shape index (κ3) is 31.9. The van der Waals surface area contributed by atoms with Gasteiger partial charge in [0, 0.05) is 13.0 Å². The van der Waals surface area contributed by atoms with Gasteiger partial charge in [0.05, 0.1) is 13.2 Å². The minimum Gasteiger partial charge on any atom is -0.457 e. The Bertz CT molecular complexity index is 481. The summed E-state index contributed by atoms with van der Waals surface area (Å²) in [6, 6.07) is 0. The van der Waals surface area contributed by atoms with E-state index in [0.29, 0.717) is 19.6 Å². The lowest BCUT2D eigenvalue weighted by molar-refractivity contribution is -0.154. The first-order valence-corrected chi connectivity index (χ1v) is 18.1. The van der Waals surface area contributed by atoms with Crippen molar-refractivity contribution in [1.29, 1.82) is 0 Å². The SMILES string of the molecule is CCCCCCCCCCCCCCCCCCCCCCCOCC(CO)OC(=O)CCCCCCCCC. The summed E-state index contributed by atoms with van der Waals surface area (Å²) < 4.78 is 11.1. The van der Waals surface area contributed by atoms with Crippen LogP contribution in [0.15, 0.2) is 0 Å². The molecular weight excluding hydrogens is 496 g/mol. The second-order valence-corrected chi connectivity index (χ2v) is 12.3. The molecule has 0 amide bonds. The number of carbonyl (C=O) groups excluding carboxylic acids is 1. The van der Waals surface area contributed by atoms with Crippen molar-refractivity contribution in [3.05, 3.63) is 0 Å². The van der Waals surface area contributed by atoms with Crippen molar-refractivity contribution in [1.82, 2.24) is 0 Å². The Morgan fingerprint density at radius 3 is 1.18 bits per heavy atom. The van der Waals surface area contributed by atoms with E-state index in [4.69, 9.17) is 9.47 Å². The molecule has 1 unspecified atom stereocenters. The predicted octanol–water partition coefficient (Wildman–Crippen LogP) is 11.3. The first-order chi connectivity index (χ1) is 19.7. The minimum atomic E-state index is -0.521. The summed E-state index contributed by atoms with van der Waals surface area (Å²) in [5, 5.41) is 9.49. The average Bonchev–Trinajstić information content (AvgIpc) is 2.96.